The molecular weight excluding hydrogens is 230 g/mol. The van der Waals surface area contributed by atoms with Gasteiger partial charge in [-0.1, -0.05) is 18.2 Å². The minimum Gasteiger partial charge on any atom is -0.448 e. The van der Waals surface area contributed by atoms with E-state index >= 15 is 0 Å². The fraction of sp³-hybridized carbons (Fsp3) is 0.571. The van der Waals surface area contributed by atoms with Crippen LogP contribution < -0.4 is 5.32 Å². The summed E-state index contributed by atoms with van der Waals surface area (Å²) in [6.07, 6.45) is 8.82. The first-order valence-electron chi connectivity index (χ1n) is 6.32. The lowest BCUT2D eigenvalue weighted by atomic mass is 9.73. The second-order valence-corrected chi connectivity index (χ2v) is 5.12. The Bertz CT molecular complexity index is 413. The molecule has 3 unspecified atom stereocenters. The molecule has 0 aromatic carbocycles. The van der Waals surface area contributed by atoms with Crippen LogP contribution in [0.5, 0.6) is 0 Å². The van der Waals surface area contributed by atoms with Crippen LogP contribution in [0.25, 0.3) is 0 Å². The summed E-state index contributed by atoms with van der Waals surface area (Å²) in [4.78, 5) is 23.3. The molecule has 0 spiro atoms. The van der Waals surface area contributed by atoms with Gasteiger partial charge in [-0.2, -0.15) is 0 Å². The van der Waals surface area contributed by atoms with E-state index in [1.54, 1.807) is 19.9 Å². The van der Waals surface area contributed by atoms with Gasteiger partial charge in [0.15, 0.2) is 0 Å². The number of nitrogens with one attached hydrogen (secondary N) is 1. The van der Waals surface area contributed by atoms with Gasteiger partial charge in [0.1, 0.15) is 12.4 Å². The topological polar surface area (TPSA) is 55.4 Å². The van der Waals surface area contributed by atoms with E-state index in [1.165, 1.54) is 6.20 Å². The molecule has 2 aliphatic carbocycles. The van der Waals surface area contributed by atoms with E-state index in [4.69, 9.17) is 4.74 Å². The number of fused-ring (bicyclic) bond motifs is 2. The third-order valence-corrected chi connectivity index (χ3v) is 4.04. The molecule has 0 aromatic rings. The zero-order chi connectivity index (χ0) is 13.2. The average Bonchev–Trinajstić information content (AvgIpc) is 2.94. The molecule has 0 radical (unpaired) electrons. The van der Waals surface area contributed by atoms with E-state index in [1.807, 2.05) is 0 Å². The van der Waals surface area contributed by atoms with Gasteiger partial charge in [0.2, 0.25) is 0 Å². The largest absolute Gasteiger partial charge is 0.448 e. The number of ether oxygens (including phenoxy) is 1. The van der Waals surface area contributed by atoms with E-state index in [-0.39, 0.29) is 18.3 Å². The maximum absolute atomic E-state index is 11.9. The van der Waals surface area contributed by atoms with Gasteiger partial charge >= 0.3 is 6.09 Å². The van der Waals surface area contributed by atoms with E-state index in [2.05, 4.69) is 17.5 Å². The van der Waals surface area contributed by atoms with Crippen LogP contribution in [-0.2, 0) is 9.53 Å². The molecule has 1 saturated carbocycles. The third-order valence-electron chi connectivity index (χ3n) is 4.04. The van der Waals surface area contributed by atoms with Crippen molar-refractivity contribution in [3.63, 3.8) is 0 Å². The summed E-state index contributed by atoms with van der Waals surface area (Å²) in [5, 5.41) is 2.49. The van der Waals surface area contributed by atoms with Crippen molar-refractivity contribution < 1.29 is 14.3 Å². The van der Waals surface area contributed by atoms with Gasteiger partial charge in [-0.15, -0.1) is 0 Å². The van der Waals surface area contributed by atoms with Crippen LogP contribution in [0.15, 0.2) is 24.4 Å². The summed E-state index contributed by atoms with van der Waals surface area (Å²) in [5.74, 6) is 0.828. The molecular formula is C14H19NO3. The number of Topliss-reactive ketones (excluding diaryl/α,β-unsaturated/α-hetero) is 1. The molecule has 98 valence electrons. The van der Waals surface area contributed by atoms with Gasteiger partial charge in [-0.3, -0.25) is 10.1 Å². The summed E-state index contributed by atoms with van der Waals surface area (Å²) >= 11 is 0. The highest BCUT2D eigenvalue weighted by Gasteiger charge is 2.52. The molecule has 3 atom stereocenters. The van der Waals surface area contributed by atoms with Gasteiger partial charge in [-0.05, 0) is 38.5 Å². The molecule has 2 rings (SSSR count). The van der Waals surface area contributed by atoms with Gasteiger partial charge in [-0.25, -0.2) is 4.79 Å². The van der Waals surface area contributed by atoms with Crippen LogP contribution in [0.2, 0.25) is 0 Å². The Morgan fingerprint density at radius 1 is 1.50 bits per heavy atom. The van der Waals surface area contributed by atoms with Crippen molar-refractivity contribution in [1.29, 1.82) is 0 Å². The van der Waals surface area contributed by atoms with Crippen LogP contribution in [0, 0.1) is 17.3 Å². The van der Waals surface area contributed by atoms with E-state index in [9.17, 15) is 9.59 Å². The molecule has 4 heteroatoms. The smallest absolute Gasteiger partial charge is 0.411 e. The predicted molar refractivity (Wildman–Crippen MR) is 67.8 cm³/mol. The summed E-state index contributed by atoms with van der Waals surface area (Å²) in [6.45, 7) is 3.58. The molecule has 0 aliphatic heterocycles. The highest BCUT2D eigenvalue weighted by atomic mass is 16.5. The van der Waals surface area contributed by atoms with Gasteiger partial charge < -0.3 is 4.74 Å². The number of allylic oxidation sites excluding steroid dienone is 3. The Balaban J connectivity index is 1.99. The Hall–Kier alpha value is -1.58. The number of carbonyl (C=O) groups is 2. The lowest BCUT2D eigenvalue weighted by Gasteiger charge is -2.32. The summed E-state index contributed by atoms with van der Waals surface area (Å²) in [5.41, 5.74) is -0.493. The standard InChI is InChI=1S/C14H19NO3/c1-3-6-15-13(17)18-9-14(10(2)16)8-11-4-5-12(14)7-11/h3-6,11-12H,7-9H2,1-2H3,(H,15,17). The quantitative estimate of drug-likeness (QED) is 0.778. The molecule has 2 bridgehead atoms. The summed E-state index contributed by atoms with van der Waals surface area (Å²) in [7, 11) is 0. The maximum Gasteiger partial charge on any atom is 0.411 e. The number of rotatable bonds is 4. The third kappa shape index (κ3) is 2.19. The predicted octanol–water partition coefficient (Wildman–Crippen LogP) is 2.42. The van der Waals surface area contributed by atoms with Crippen molar-refractivity contribution in [2.75, 3.05) is 6.61 Å². The van der Waals surface area contributed by atoms with Crippen molar-refractivity contribution in [3.05, 3.63) is 24.4 Å². The van der Waals surface area contributed by atoms with Crippen molar-refractivity contribution in [2.24, 2.45) is 17.3 Å². The van der Waals surface area contributed by atoms with Crippen LogP contribution in [0.1, 0.15) is 26.7 Å². The Kier molecular flexibility index (Phi) is 3.55. The van der Waals surface area contributed by atoms with E-state index < -0.39 is 11.5 Å². The molecule has 2 aliphatic rings. The van der Waals surface area contributed by atoms with Gasteiger partial charge in [0.25, 0.3) is 0 Å². The molecule has 1 amide bonds. The van der Waals surface area contributed by atoms with Gasteiger partial charge in [0, 0.05) is 6.20 Å². The van der Waals surface area contributed by atoms with Crippen molar-refractivity contribution in [1.82, 2.24) is 5.32 Å². The minimum atomic E-state index is -0.500. The first-order valence-corrected chi connectivity index (χ1v) is 6.32. The fourth-order valence-corrected chi connectivity index (χ4v) is 3.01. The molecule has 0 saturated heterocycles. The van der Waals surface area contributed by atoms with Crippen molar-refractivity contribution >= 4 is 11.9 Å². The second kappa shape index (κ2) is 4.96. The Labute approximate surface area is 107 Å². The Morgan fingerprint density at radius 3 is 2.78 bits per heavy atom. The molecule has 1 N–H and O–H groups in total. The number of hydrogen-bond acceptors (Lipinski definition) is 3. The SMILES string of the molecule is CC=CNC(=O)OCC1(C(C)=O)CC2C=CC1C2. The number of alkyl carbamates (subject to hydrolysis) is 1. The summed E-state index contributed by atoms with van der Waals surface area (Å²) in [6, 6.07) is 0. The number of amides is 1. The van der Waals surface area contributed by atoms with Crippen LogP contribution in [-0.4, -0.2) is 18.5 Å². The normalized spacial score (nSPS) is 33.0. The van der Waals surface area contributed by atoms with Gasteiger partial charge in [0.05, 0.1) is 5.41 Å². The molecule has 0 heterocycles. The van der Waals surface area contributed by atoms with Crippen LogP contribution in [0.3, 0.4) is 0 Å². The number of hydrogen-bond donors (Lipinski definition) is 1. The first-order chi connectivity index (χ1) is 8.58. The maximum atomic E-state index is 11.9. The zero-order valence-corrected chi connectivity index (χ0v) is 10.8. The second-order valence-electron chi connectivity index (χ2n) is 5.12. The Morgan fingerprint density at radius 2 is 2.28 bits per heavy atom. The monoisotopic (exact) mass is 249 g/mol. The van der Waals surface area contributed by atoms with E-state index in [0.29, 0.717) is 5.92 Å². The average molecular weight is 249 g/mol. The van der Waals surface area contributed by atoms with Crippen molar-refractivity contribution in [3.8, 4) is 0 Å². The van der Waals surface area contributed by atoms with Crippen molar-refractivity contribution in [2.45, 2.75) is 26.7 Å². The van der Waals surface area contributed by atoms with Crippen LogP contribution >= 0.6 is 0 Å². The molecule has 0 aromatic heterocycles. The number of ketones is 1. The van der Waals surface area contributed by atoms with E-state index in [0.717, 1.165) is 12.8 Å². The lowest BCUT2D eigenvalue weighted by Crippen LogP contribution is -2.40. The number of carbonyl (C=O) groups excluding carboxylic acids is 2. The highest BCUT2D eigenvalue weighted by molar-refractivity contribution is 5.84. The van der Waals surface area contributed by atoms with Crippen LogP contribution in [0.4, 0.5) is 4.79 Å². The molecule has 4 nitrogen and oxygen atoms in total. The molecule has 18 heavy (non-hydrogen) atoms. The summed E-state index contributed by atoms with van der Waals surface area (Å²) < 4.78 is 5.19. The highest BCUT2D eigenvalue weighted by Crippen LogP contribution is 2.52. The minimum absolute atomic E-state index is 0.123. The first kappa shape index (κ1) is 12.9. The zero-order valence-electron chi connectivity index (χ0n) is 10.8. The molecule has 1 fully saturated rings. The lowest BCUT2D eigenvalue weighted by molar-refractivity contribution is -0.130. The fourth-order valence-electron chi connectivity index (χ4n) is 3.01.